The fraction of sp³-hybridized carbons (Fsp3) is 0.304. The summed E-state index contributed by atoms with van der Waals surface area (Å²) < 4.78 is 0. The molecule has 0 saturated carbocycles. The first kappa shape index (κ1) is 18.4. The quantitative estimate of drug-likeness (QED) is 0.727. The molecule has 1 fully saturated rings. The smallest absolute Gasteiger partial charge is 0.227 e. The third-order valence-electron chi connectivity index (χ3n) is 5.41. The number of nitrogens with one attached hydrogen (secondary N) is 1. The van der Waals surface area contributed by atoms with E-state index in [-0.39, 0.29) is 0 Å². The van der Waals surface area contributed by atoms with Crippen LogP contribution in [0.2, 0.25) is 0 Å². The normalized spacial score (nSPS) is 14.9. The van der Waals surface area contributed by atoms with E-state index in [9.17, 15) is 0 Å². The first-order valence-corrected chi connectivity index (χ1v) is 9.86. The molecule has 0 spiro atoms. The Labute approximate surface area is 167 Å². The van der Waals surface area contributed by atoms with Gasteiger partial charge in [0.1, 0.15) is 5.82 Å². The molecule has 1 aliphatic rings. The van der Waals surface area contributed by atoms with Gasteiger partial charge in [-0.2, -0.15) is 4.98 Å². The molecule has 0 aliphatic carbocycles. The van der Waals surface area contributed by atoms with Crippen molar-refractivity contribution in [3.05, 3.63) is 77.5 Å². The SMILES string of the molecule is Cc1cccc(Nc2ccnc(N3CCN(Cc4ccccc4)CC3)n2)c1C. The molecule has 4 rings (SSSR count). The van der Waals surface area contributed by atoms with Crippen LogP contribution in [0.15, 0.2) is 60.8 Å². The summed E-state index contributed by atoms with van der Waals surface area (Å²) in [5.74, 6) is 1.64. The third kappa shape index (κ3) is 4.31. The van der Waals surface area contributed by atoms with E-state index in [2.05, 4.69) is 82.5 Å². The van der Waals surface area contributed by atoms with Crippen LogP contribution in [0.1, 0.15) is 16.7 Å². The van der Waals surface area contributed by atoms with Crippen molar-refractivity contribution < 1.29 is 0 Å². The summed E-state index contributed by atoms with van der Waals surface area (Å²) in [6.45, 7) is 9.19. The molecule has 0 atom stereocenters. The van der Waals surface area contributed by atoms with Crippen molar-refractivity contribution in [1.82, 2.24) is 14.9 Å². The van der Waals surface area contributed by atoms with E-state index in [1.54, 1.807) is 0 Å². The predicted molar refractivity (Wildman–Crippen MR) is 115 cm³/mol. The van der Waals surface area contributed by atoms with Crippen LogP contribution in [-0.2, 0) is 6.54 Å². The summed E-state index contributed by atoms with van der Waals surface area (Å²) in [4.78, 5) is 14.0. The van der Waals surface area contributed by atoms with Crippen LogP contribution in [0.4, 0.5) is 17.5 Å². The minimum Gasteiger partial charge on any atom is -0.340 e. The zero-order chi connectivity index (χ0) is 19.3. The lowest BCUT2D eigenvalue weighted by molar-refractivity contribution is 0.248. The Bertz CT molecular complexity index is 917. The van der Waals surface area contributed by atoms with Crippen LogP contribution in [-0.4, -0.2) is 41.0 Å². The number of anilines is 3. The van der Waals surface area contributed by atoms with Crippen LogP contribution in [0.5, 0.6) is 0 Å². The molecule has 3 aromatic rings. The van der Waals surface area contributed by atoms with Gasteiger partial charge in [-0.15, -0.1) is 0 Å². The Kier molecular flexibility index (Phi) is 5.53. The van der Waals surface area contributed by atoms with Gasteiger partial charge in [-0.1, -0.05) is 42.5 Å². The molecular formula is C23H27N5. The first-order valence-electron chi connectivity index (χ1n) is 9.86. The fourth-order valence-corrected chi connectivity index (χ4v) is 3.54. The summed E-state index contributed by atoms with van der Waals surface area (Å²) in [7, 11) is 0. The summed E-state index contributed by atoms with van der Waals surface area (Å²) in [6.07, 6.45) is 1.84. The first-order chi connectivity index (χ1) is 13.7. The second-order valence-electron chi connectivity index (χ2n) is 7.36. The number of hydrogen-bond acceptors (Lipinski definition) is 5. The van der Waals surface area contributed by atoms with Gasteiger partial charge in [0.2, 0.25) is 5.95 Å². The number of piperazine rings is 1. The van der Waals surface area contributed by atoms with Gasteiger partial charge in [0, 0.05) is 44.6 Å². The molecule has 2 aromatic carbocycles. The van der Waals surface area contributed by atoms with Gasteiger partial charge in [0.15, 0.2) is 0 Å². The molecule has 0 radical (unpaired) electrons. The van der Waals surface area contributed by atoms with Crippen molar-refractivity contribution in [1.29, 1.82) is 0 Å². The van der Waals surface area contributed by atoms with E-state index >= 15 is 0 Å². The Morgan fingerprint density at radius 2 is 1.68 bits per heavy atom. The molecule has 0 bridgehead atoms. The molecule has 28 heavy (non-hydrogen) atoms. The molecule has 1 N–H and O–H groups in total. The number of rotatable bonds is 5. The highest BCUT2D eigenvalue weighted by molar-refractivity contribution is 5.62. The largest absolute Gasteiger partial charge is 0.340 e. The van der Waals surface area contributed by atoms with Gasteiger partial charge in [0.25, 0.3) is 0 Å². The summed E-state index contributed by atoms with van der Waals surface area (Å²) >= 11 is 0. The zero-order valence-corrected chi connectivity index (χ0v) is 16.6. The van der Waals surface area contributed by atoms with Gasteiger partial charge in [-0.05, 0) is 42.7 Å². The van der Waals surface area contributed by atoms with E-state index in [0.717, 1.165) is 50.2 Å². The van der Waals surface area contributed by atoms with E-state index in [1.165, 1.54) is 16.7 Å². The highest BCUT2D eigenvalue weighted by Gasteiger charge is 2.19. The van der Waals surface area contributed by atoms with Crippen molar-refractivity contribution in [3.63, 3.8) is 0 Å². The number of nitrogens with zero attached hydrogens (tertiary/aromatic N) is 4. The van der Waals surface area contributed by atoms with Crippen molar-refractivity contribution in [3.8, 4) is 0 Å². The third-order valence-corrected chi connectivity index (χ3v) is 5.41. The number of hydrogen-bond donors (Lipinski definition) is 1. The van der Waals surface area contributed by atoms with Crippen molar-refractivity contribution in [2.75, 3.05) is 36.4 Å². The summed E-state index contributed by atoms with van der Waals surface area (Å²) in [5, 5.41) is 3.45. The van der Waals surface area contributed by atoms with Crippen molar-refractivity contribution in [2.24, 2.45) is 0 Å². The molecule has 2 heterocycles. The summed E-state index contributed by atoms with van der Waals surface area (Å²) in [6, 6.07) is 18.9. The number of benzene rings is 2. The lowest BCUT2D eigenvalue weighted by Crippen LogP contribution is -2.46. The molecule has 1 aromatic heterocycles. The highest BCUT2D eigenvalue weighted by atomic mass is 15.3. The molecule has 5 heteroatoms. The maximum atomic E-state index is 4.76. The van der Waals surface area contributed by atoms with Crippen LogP contribution in [0.25, 0.3) is 0 Å². The average molecular weight is 374 g/mol. The highest BCUT2D eigenvalue weighted by Crippen LogP contribution is 2.23. The monoisotopic (exact) mass is 373 g/mol. The van der Waals surface area contributed by atoms with E-state index in [1.807, 2.05) is 12.3 Å². The Morgan fingerprint density at radius 3 is 2.46 bits per heavy atom. The molecular weight excluding hydrogens is 346 g/mol. The summed E-state index contributed by atoms with van der Waals surface area (Å²) in [5.41, 5.74) is 4.98. The van der Waals surface area contributed by atoms with Crippen molar-refractivity contribution in [2.45, 2.75) is 20.4 Å². The molecule has 0 unspecified atom stereocenters. The number of aromatic nitrogens is 2. The van der Waals surface area contributed by atoms with E-state index in [0.29, 0.717) is 0 Å². The Balaban J connectivity index is 1.39. The minimum absolute atomic E-state index is 0.801. The second kappa shape index (κ2) is 8.40. The fourth-order valence-electron chi connectivity index (χ4n) is 3.54. The lowest BCUT2D eigenvalue weighted by Gasteiger charge is -2.34. The minimum atomic E-state index is 0.801. The van der Waals surface area contributed by atoms with Crippen LogP contribution in [0.3, 0.4) is 0 Å². The average Bonchev–Trinajstić information content (AvgIpc) is 2.73. The number of aryl methyl sites for hydroxylation is 1. The van der Waals surface area contributed by atoms with Crippen LogP contribution < -0.4 is 10.2 Å². The molecule has 144 valence electrons. The van der Waals surface area contributed by atoms with Gasteiger partial charge in [-0.25, -0.2) is 4.98 Å². The van der Waals surface area contributed by atoms with Gasteiger partial charge < -0.3 is 10.2 Å². The molecule has 0 amide bonds. The van der Waals surface area contributed by atoms with Crippen LogP contribution >= 0.6 is 0 Å². The van der Waals surface area contributed by atoms with Crippen LogP contribution in [0, 0.1) is 13.8 Å². The maximum Gasteiger partial charge on any atom is 0.227 e. The standard InChI is InChI=1S/C23H27N5/c1-18-7-6-10-21(19(18)2)25-22-11-12-24-23(26-22)28-15-13-27(14-16-28)17-20-8-4-3-5-9-20/h3-12H,13-17H2,1-2H3,(H,24,25,26). The maximum absolute atomic E-state index is 4.76. The predicted octanol–water partition coefficient (Wildman–Crippen LogP) is 4.16. The van der Waals surface area contributed by atoms with Gasteiger partial charge >= 0.3 is 0 Å². The Hall–Kier alpha value is -2.92. The molecule has 5 nitrogen and oxygen atoms in total. The van der Waals surface area contributed by atoms with Gasteiger partial charge in [-0.3, -0.25) is 4.90 Å². The zero-order valence-electron chi connectivity index (χ0n) is 16.6. The Morgan fingerprint density at radius 1 is 0.893 bits per heavy atom. The molecule has 1 saturated heterocycles. The topological polar surface area (TPSA) is 44.3 Å². The van der Waals surface area contributed by atoms with E-state index < -0.39 is 0 Å². The van der Waals surface area contributed by atoms with E-state index in [4.69, 9.17) is 4.98 Å². The van der Waals surface area contributed by atoms with Crippen molar-refractivity contribution >= 4 is 17.5 Å². The second-order valence-corrected chi connectivity index (χ2v) is 7.36. The van der Waals surface area contributed by atoms with Gasteiger partial charge in [0.05, 0.1) is 0 Å². The lowest BCUT2D eigenvalue weighted by atomic mass is 10.1. The molecule has 1 aliphatic heterocycles.